The highest BCUT2D eigenvalue weighted by Crippen LogP contribution is 2.28. The Morgan fingerprint density at radius 3 is 2.75 bits per heavy atom. The molecule has 0 saturated carbocycles. The number of allylic oxidation sites excluding steroid dienone is 1. The first-order chi connectivity index (χ1) is 15.5. The average Bonchev–Trinajstić information content (AvgIpc) is 3.36. The highest BCUT2D eigenvalue weighted by molar-refractivity contribution is 6.42. The van der Waals surface area contributed by atoms with Crippen LogP contribution in [0, 0.1) is 18.3 Å². The van der Waals surface area contributed by atoms with Gasteiger partial charge in [0.2, 0.25) is 0 Å². The normalized spacial score (nSPS) is 11.9. The highest BCUT2D eigenvalue weighted by Gasteiger charge is 2.12. The lowest BCUT2D eigenvalue weighted by Gasteiger charge is -2.06. The Morgan fingerprint density at radius 2 is 1.94 bits per heavy atom. The molecule has 5 rings (SSSR count). The largest absolute Gasteiger partial charge is 0.342 e. The minimum atomic E-state index is 0.483. The summed E-state index contributed by atoms with van der Waals surface area (Å²) >= 11 is 12.3. The Hall–Kier alpha value is -3.52. The van der Waals surface area contributed by atoms with E-state index in [1.165, 1.54) is 0 Å². The molecule has 0 unspecified atom stereocenters. The Bertz CT molecular complexity index is 1550. The van der Waals surface area contributed by atoms with Crippen LogP contribution in [-0.4, -0.2) is 14.5 Å². The quantitative estimate of drug-likeness (QED) is 0.289. The Balaban J connectivity index is 1.59. The van der Waals surface area contributed by atoms with Crippen molar-refractivity contribution in [3.8, 4) is 6.07 Å². The minimum absolute atomic E-state index is 0.483. The van der Waals surface area contributed by atoms with Gasteiger partial charge in [0.15, 0.2) is 0 Å². The smallest absolute Gasteiger partial charge is 0.149 e. The van der Waals surface area contributed by atoms with E-state index in [-0.39, 0.29) is 0 Å². The molecule has 2 aromatic heterocycles. The van der Waals surface area contributed by atoms with Crippen LogP contribution >= 0.6 is 23.2 Å². The predicted molar refractivity (Wildman–Crippen MR) is 132 cm³/mol. The molecule has 0 aliphatic heterocycles. The summed E-state index contributed by atoms with van der Waals surface area (Å²) < 4.78 is 2.15. The minimum Gasteiger partial charge on any atom is -0.342 e. The highest BCUT2D eigenvalue weighted by atomic mass is 35.5. The van der Waals surface area contributed by atoms with Crippen molar-refractivity contribution >= 4 is 56.8 Å². The summed E-state index contributed by atoms with van der Waals surface area (Å²) in [5, 5.41) is 12.0. The van der Waals surface area contributed by atoms with Crippen LogP contribution in [0.1, 0.15) is 22.5 Å². The molecule has 1 N–H and O–H groups in total. The van der Waals surface area contributed by atoms with Crippen molar-refractivity contribution in [2.45, 2.75) is 13.5 Å². The van der Waals surface area contributed by atoms with Gasteiger partial charge in [-0.25, -0.2) is 4.98 Å². The van der Waals surface area contributed by atoms with Crippen LogP contribution in [-0.2, 0) is 6.54 Å². The van der Waals surface area contributed by atoms with Crippen molar-refractivity contribution in [1.29, 1.82) is 5.26 Å². The zero-order valence-corrected chi connectivity index (χ0v) is 18.7. The van der Waals surface area contributed by atoms with Gasteiger partial charge >= 0.3 is 0 Å². The van der Waals surface area contributed by atoms with Crippen LogP contribution in [0.3, 0.4) is 0 Å². The number of halogens is 2. The van der Waals surface area contributed by atoms with Gasteiger partial charge < -0.3 is 9.55 Å². The topological polar surface area (TPSA) is 57.4 Å². The first-order valence-corrected chi connectivity index (χ1v) is 10.9. The summed E-state index contributed by atoms with van der Waals surface area (Å²) in [5.41, 5.74) is 6.45. The summed E-state index contributed by atoms with van der Waals surface area (Å²) in [6.45, 7) is 2.67. The molecule has 0 amide bonds. The van der Waals surface area contributed by atoms with Crippen LogP contribution in [0.25, 0.3) is 33.6 Å². The number of aryl methyl sites for hydroxylation is 1. The summed E-state index contributed by atoms with van der Waals surface area (Å²) in [4.78, 5) is 7.89. The second-order valence-electron chi connectivity index (χ2n) is 7.75. The second kappa shape index (κ2) is 8.20. The van der Waals surface area contributed by atoms with Gasteiger partial charge in [-0.1, -0.05) is 53.5 Å². The van der Waals surface area contributed by atoms with Crippen molar-refractivity contribution in [1.82, 2.24) is 14.5 Å². The molecule has 0 aliphatic carbocycles. The van der Waals surface area contributed by atoms with Gasteiger partial charge in [-0.2, -0.15) is 5.26 Å². The lowest BCUT2D eigenvalue weighted by molar-refractivity contribution is 0.836. The van der Waals surface area contributed by atoms with Crippen LogP contribution in [0.5, 0.6) is 0 Å². The Kier molecular flexibility index (Phi) is 5.22. The van der Waals surface area contributed by atoms with Crippen molar-refractivity contribution in [2.24, 2.45) is 0 Å². The fourth-order valence-electron chi connectivity index (χ4n) is 3.92. The van der Waals surface area contributed by atoms with E-state index in [2.05, 4.69) is 38.9 Å². The number of H-pyrrole nitrogens is 1. The fraction of sp³-hybridized carbons (Fsp3) is 0.0769. The zero-order chi connectivity index (χ0) is 22.2. The van der Waals surface area contributed by atoms with Crippen molar-refractivity contribution < 1.29 is 0 Å². The molecule has 32 heavy (non-hydrogen) atoms. The van der Waals surface area contributed by atoms with Crippen LogP contribution in [0.15, 0.2) is 66.9 Å². The van der Waals surface area contributed by atoms with E-state index in [9.17, 15) is 5.26 Å². The maximum absolute atomic E-state index is 9.88. The standard InChI is InChI=1S/C26H18Cl2N4/c1-16-6-9-23-24(10-16)31-26(30-23)18(13-29)12-19-15-32(25-5-3-2-4-20(19)25)14-17-7-8-21(27)22(28)11-17/h2-12,15H,14H2,1H3,(H,30,31). The lowest BCUT2D eigenvalue weighted by Crippen LogP contribution is -1.97. The number of imidazole rings is 1. The maximum atomic E-state index is 9.88. The number of rotatable bonds is 4. The number of hydrogen-bond donors (Lipinski definition) is 1. The zero-order valence-electron chi connectivity index (χ0n) is 17.2. The summed E-state index contributed by atoms with van der Waals surface area (Å²) in [5.74, 6) is 0.564. The number of fused-ring (bicyclic) bond motifs is 2. The Labute approximate surface area is 195 Å². The molecule has 6 heteroatoms. The number of aromatic nitrogens is 3. The monoisotopic (exact) mass is 456 g/mol. The van der Waals surface area contributed by atoms with Gasteiger partial charge in [0.25, 0.3) is 0 Å². The molecule has 0 bridgehead atoms. The third-order valence-electron chi connectivity index (χ3n) is 5.47. The molecule has 156 valence electrons. The first kappa shape index (κ1) is 20.4. The number of nitrogens with one attached hydrogen (secondary N) is 1. The van der Waals surface area contributed by atoms with Crippen LogP contribution < -0.4 is 0 Å². The van der Waals surface area contributed by atoms with Gasteiger partial charge in [-0.05, 0) is 54.5 Å². The van der Waals surface area contributed by atoms with Crippen molar-refractivity contribution in [3.63, 3.8) is 0 Å². The molecule has 5 aromatic rings. The third kappa shape index (κ3) is 3.78. The molecule has 2 heterocycles. The number of benzene rings is 3. The molecule has 3 aromatic carbocycles. The fourth-order valence-corrected chi connectivity index (χ4v) is 4.24. The van der Waals surface area contributed by atoms with Crippen molar-refractivity contribution in [3.05, 3.63) is 99.4 Å². The molecule has 0 radical (unpaired) electrons. The summed E-state index contributed by atoms with van der Waals surface area (Å²) in [6, 6.07) is 22.1. The average molecular weight is 457 g/mol. The molecule has 0 spiro atoms. The van der Waals surface area contributed by atoms with E-state index < -0.39 is 0 Å². The number of para-hydroxylation sites is 1. The van der Waals surface area contributed by atoms with Crippen molar-refractivity contribution in [2.75, 3.05) is 0 Å². The van der Waals surface area contributed by atoms with E-state index in [4.69, 9.17) is 23.2 Å². The number of aromatic amines is 1. The number of hydrogen-bond acceptors (Lipinski definition) is 2. The van der Waals surface area contributed by atoms with Crippen LogP contribution in [0.2, 0.25) is 10.0 Å². The molecule has 0 saturated heterocycles. The van der Waals surface area contributed by atoms with E-state index in [1.54, 1.807) is 0 Å². The van der Waals surface area contributed by atoms with Gasteiger partial charge in [-0.15, -0.1) is 0 Å². The first-order valence-electron chi connectivity index (χ1n) is 10.1. The molecular weight excluding hydrogens is 439 g/mol. The summed E-state index contributed by atoms with van der Waals surface area (Å²) in [6.07, 6.45) is 3.94. The number of nitriles is 1. The molecule has 0 fully saturated rings. The van der Waals surface area contributed by atoms with Gasteiger partial charge in [-0.3, -0.25) is 0 Å². The van der Waals surface area contributed by atoms with Gasteiger partial charge in [0.05, 0.1) is 26.7 Å². The Morgan fingerprint density at radius 1 is 1.09 bits per heavy atom. The van der Waals surface area contributed by atoms with Gasteiger partial charge in [0.1, 0.15) is 11.9 Å². The third-order valence-corrected chi connectivity index (χ3v) is 6.21. The molecular formula is C26H18Cl2N4. The van der Waals surface area contributed by atoms with E-state index in [0.29, 0.717) is 28.0 Å². The summed E-state index contributed by atoms with van der Waals surface area (Å²) in [7, 11) is 0. The molecule has 0 atom stereocenters. The predicted octanol–water partition coefficient (Wildman–Crippen LogP) is 7.25. The van der Waals surface area contributed by atoms with Crippen LogP contribution in [0.4, 0.5) is 0 Å². The van der Waals surface area contributed by atoms with E-state index in [1.807, 2.05) is 61.5 Å². The van der Waals surface area contributed by atoms with Gasteiger partial charge in [0, 0.05) is 29.2 Å². The lowest BCUT2D eigenvalue weighted by atomic mass is 10.1. The maximum Gasteiger partial charge on any atom is 0.149 e. The molecule has 0 aliphatic rings. The van der Waals surface area contributed by atoms with E-state index >= 15 is 0 Å². The second-order valence-corrected chi connectivity index (χ2v) is 8.57. The van der Waals surface area contributed by atoms with E-state index in [0.717, 1.165) is 38.6 Å². The number of nitrogens with zero attached hydrogens (tertiary/aromatic N) is 3. The molecule has 4 nitrogen and oxygen atoms in total. The SMILES string of the molecule is Cc1ccc2nc(C(C#N)=Cc3cn(Cc4ccc(Cl)c(Cl)c4)c4ccccc34)[nH]c2c1.